The minimum atomic E-state index is -0.655. The van der Waals surface area contributed by atoms with Crippen LogP contribution in [0.2, 0.25) is 0 Å². The Bertz CT molecular complexity index is 713. The van der Waals surface area contributed by atoms with Crippen LogP contribution in [0.25, 0.3) is 0 Å². The Balaban J connectivity index is 1.61. The van der Waals surface area contributed by atoms with Gasteiger partial charge in [0, 0.05) is 25.1 Å². The predicted octanol–water partition coefficient (Wildman–Crippen LogP) is 2.59. The summed E-state index contributed by atoms with van der Waals surface area (Å²) in [6, 6.07) is 7.76. The summed E-state index contributed by atoms with van der Waals surface area (Å²) in [6.07, 6.45) is 3.10. The van der Waals surface area contributed by atoms with Crippen LogP contribution in [0.4, 0.5) is 10.1 Å². The Hall–Kier alpha value is -2.63. The first kappa shape index (κ1) is 15.3. The summed E-state index contributed by atoms with van der Waals surface area (Å²) < 4.78 is 18.7. The molecule has 1 aliphatic rings. The number of amides is 2. The van der Waals surface area contributed by atoms with E-state index in [0.717, 1.165) is 18.6 Å². The Morgan fingerprint density at radius 2 is 2.26 bits per heavy atom. The maximum Gasteiger partial charge on any atom is 0.228 e. The van der Waals surface area contributed by atoms with Gasteiger partial charge in [-0.05, 0) is 42.3 Å². The molecule has 23 heavy (non-hydrogen) atoms. The van der Waals surface area contributed by atoms with Crippen LogP contribution in [-0.2, 0) is 16.0 Å². The van der Waals surface area contributed by atoms with Gasteiger partial charge in [0.05, 0.1) is 12.2 Å². The van der Waals surface area contributed by atoms with Crippen molar-refractivity contribution >= 4 is 17.5 Å². The Morgan fingerprint density at radius 1 is 1.39 bits per heavy atom. The van der Waals surface area contributed by atoms with Crippen LogP contribution in [0.3, 0.4) is 0 Å². The third kappa shape index (κ3) is 3.59. The Labute approximate surface area is 132 Å². The molecule has 5 nitrogen and oxygen atoms in total. The summed E-state index contributed by atoms with van der Waals surface area (Å²) in [5, 5.41) is 5.47. The average Bonchev–Trinajstić information content (AvgIpc) is 3.04. The molecule has 2 amide bonds. The van der Waals surface area contributed by atoms with Gasteiger partial charge in [-0.15, -0.1) is 0 Å². The number of furan rings is 1. The standard InChI is InChI=1S/C17H17FN2O3/c18-11-5-6-15-13(9-11)14(10-16(21)20-15)17(22)19-7-1-3-12-4-2-8-23-12/h2,4-6,8-9,14H,1,3,7,10H2,(H,19,22)(H,20,21)/t14-/m0/s1. The number of nitrogens with one attached hydrogen (secondary N) is 2. The normalized spacial score (nSPS) is 16.6. The lowest BCUT2D eigenvalue weighted by Crippen LogP contribution is -2.35. The van der Waals surface area contributed by atoms with Crippen LogP contribution in [0.5, 0.6) is 0 Å². The molecule has 6 heteroatoms. The second kappa shape index (κ2) is 6.64. The van der Waals surface area contributed by atoms with Crippen LogP contribution in [0.15, 0.2) is 41.0 Å². The van der Waals surface area contributed by atoms with Crippen molar-refractivity contribution in [2.24, 2.45) is 0 Å². The van der Waals surface area contributed by atoms with Gasteiger partial charge in [0.2, 0.25) is 11.8 Å². The SMILES string of the molecule is O=C1C[C@H](C(=O)NCCCc2ccco2)c2cc(F)ccc2N1. The van der Waals surface area contributed by atoms with Gasteiger partial charge in [0.15, 0.2) is 0 Å². The highest BCUT2D eigenvalue weighted by Gasteiger charge is 2.30. The molecule has 0 saturated heterocycles. The van der Waals surface area contributed by atoms with Crippen LogP contribution in [-0.4, -0.2) is 18.4 Å². The van der Waals surface area contributed by atoms with E-state index in [1.807, 2.05) is 12.1 Å². The topological polar surface area (TPSA) is 71.3 Å². The molecule has 1 aliphatic heterocycles. The molecule has 1 aromatic heterocycles. The van der Waals surface area contributed by atoms with E-state index in [9.17, 15) is 14.0 Å². The molecule has 0 spiro atoms. The number of aryl methyl sites for hydroxylation is 1. The maximum absolute atomic E-state index is 13.4. The second-order valence-corrected chi connectivity index (χ2v) is 5.51. The zero-order chi connectivity index (χ0) is 16.2. The Morgan fingerprint density at radius 3 is 3.04 bits per heavy atom. The fraction of sp³-hybridized carbons (Fsp3) is 0.294. The number of hydrogen-bond acceptors (Lipinski definition) is 3. The van der Waals surface area contributed by atoms with E-state index in [0.29, 0.717) is 17.8 Å². The average molecular weight is 316 g/mol. The van der Waals surface area contributed by atoms with Crippen LogP contribution in [0.1, 0.15) is 30.1 Å². The molecule has 0 saturated carbocycles. The van der Waals surface area contributed by atoms with Crippen molar-refractivity contribution in [3.8, 4) is 0 Å². The zero-order valence-corrected chi connectivity index (χ0v) is 12.5. The quantitative estimate of drug-likeness (QED) is 0.833. The van der Waals surface area contributed by atoms with E-state index in [1.54, 1.807) is 6.26 Å². The van der Waals surface area contributed by atoms with Gasteiger partial charge in [-0.25, -0.2) is 4.39 Å². The molecule has 2 N–H and O–H groups in total. The number of anilines is 1. The molecule has 0 bridgehead atoms. The van der Waals surface area contributed by atoms with Crippen molar-refractivity contribution in [3.05, 3.63) is 53.7 Å². The zero-order valence-electron chi connectivity index (χ0n) is 12.5. The molecule has 3 rings (SSSR count). The molecular weight excluding hydrogens is 299 g/mol. The molecule has 0 radical (unpaired) electrons. The minimum absolute atomic E-state index is 0.0282. The summed E-state index contributed by atoms with van der Waals surface area (Å²) >= 11 is 0. The molecule has 0 unspecified atom stereocenters. The predicted molar refractivity (Wildman–Crippen MR) is 82.4 cm³/mol. The van der Waals surface area contributed by atoms with Gasteiger partial charge in [0.25, 0.3) is 0 Å². The lowest BCUT2D eigenvalue weighted by atomic mass is 9.89. The lowest BCUT2D eigenvalue weighted by Gasteiger charge is -2.24. The van der Waals surface area contributed by atoms with Crippen LogP contribution in [0, 0.1) is 5.82 Å². The molecule has 0 aliphatic carbocycles. The van der Waals surface area contributed by atoms with E-state index in [2.05, 4.69) is 10.6 Å². The third-order valence-corrected chi connectivity index (χ3v) is 3.85. The van der Waals surface area contributed by atoms with Gasteiger partial charge >= 0.3 is 0 Å². The molecule has 1 atom stereocenters. The fourth-order valence-corrected chi connectivity index (χ4v) is 2.72. The monoisotopic (exact) mass is 316 g/mol. The number of hydrogen-bond donors (Lipinski definition) is 2. The van der Waals surface area contributed by atoms with E-state index < -0.39 is 11.7 Å². The summed E-state index contributed by atoms with van der Waals surface area (Å²) in [6.45, 7) is 0.475. The summed E-state index contributed by atoms with van der Waals surface area (Å²) in [5.41, 5.74) is 1.02. The molecular formula is C17H17FN2O3. The van der Waals surface area contributed by atoms with Crippen LogP contribution >= 0.6 is 0 Å². The first-order valence-corrected chi connectivity index (χ1v) is 7.53. The van der Waals surface area contributed by atoms with Crippen molar-refractivity contribution in [1.29, 1.82) is 0 Å². The third-order valence-electron chi connectivity index (χ3n) is 3.85. The number of fused-ring (bicyclic) bond motifs is 1. The summed E-state index contributed by atoms with van der Waals surface area (Å²) in [7, 11) is 0. The van der Waals surface area contributed by atoms with E-state index >= 15 is 0 Å². The van der Waals surface area contributed by atoms with E-state index in [4.69, 9.17) is 4.42 Å². The summed E-state index contributed by atoms with van der Waals surface area (Å²) in [5.74, 6) is -0.705. The van der Waals surface area contributed by atoms with Crippen molar-refractivity contribution in [2.75, 3.05) is 11.9 Å². The first-order chi connectivity index (χ1) is 11.1. The number of rotatable bonds is 5. The number of benzene rings is 1. The number of carbonyl (C=O) groups excluding carboxylic acids is 2. The van der Waals surface area contributed by atoms with E-state index in [-0.39, 0.29) is 18.2 Å². The smallest absolute Gasteiger partial charge is 0.228 e. The van der Waals surface area contributed by atoms with Gasteiger partial charge in [-0.3, -0.25) is 9.59 Å². The fourth-order valence-electron chi connectivity index (χ4n) is 2.72. The van der Waals surface area contributed by atoms with Crippen molar-refractivity contribution < 1.29 is 18.4 Å². The second-order valence-electron chi connectivity index (χ2n) is 5.51. The highest BCUT2D eigenvalue weighted by atomic mass is 19.1. The molecule has 120 valence electrons. The van der Waals surface area contributed by atoms with Gasteiger partial charge < -0.3 is 15.1 Å². The molecule has 1 aromatic carbocycles. The van der Waals surface area contributed by atoms with Gasteiger partial charge in [-0.2, -0.15) is 0 Å². The first-order valence-electron chi connectivity index (χ1n) is 7.53. The summed E-state index contributed by atoms with van der Waals surface area (Å²) in [4.78, 5) is 24.1. The van der Waals surface area contributed by atoms with Crippen LogP contribution < -0.4 is 10.6 Å². The lowest BCUT2D eigenvalue weighted by molar-refractivity contribution is -0.126. The van der Waals surface area contributed by atoms with Gasteiger partial charge in [-0.1, -0.05) is 0 Å². The molecule has 0 fully saturated rings. The maximum atomic E-state index is 13.4. The highest BCUT2D eigenvalue weighted by molar-refractivity contribution is 6.01. The van der Waals surface area contributed by atoms with E-state index in [1.165, 1.54) is 18.2 Å². The highest BCUT2D eigenvalue weighted by Crippen LogP contribution is 2.32. The van der Waals surface area contributed by atoms with Crippen molar-refractivity contribution in [3.63, 3.8) is 0 Å². The Kier molecular flexibility index (Phi) is 4.41. The minimum Gasteiger partial charge on any atom is -0.469 e. The molecule has 2 aromatic rings. The van der Waals surface area contributed by atoms with Crippen molar-refractivity contribution in [2.45, 2.75) is 25.2 Å². The molecule has 2 heterocycles. The van der Waals surface area contributed by atoms with Crippen molar-refractivity contribution in [1.82, 2.24) is 5.32 Å². The largest absolute Gasteiger partial charge is 0.469 e. The number of halogens is 1. The number of carbonyl (C=O) groups is 2. The van der Waals surface area contributed by atoms with Gasteiger partial charge in [0.1, 0.15) is 11.6 Å².